The maximum absolute atomic E-state index is 14.4. The second-order valence-electron chi connectivity index (χ2n) is 12.3. The summed E-state index contributed by atoms with van der Waals surface area (Å²) < 4.78 is 29.8. The first-order valence-corrected chi connectivity index (χ1v) is 17.7. The van der Waals surface area contributed by atoms with Crippen molar-refractivity contribution >= 4 is 50.7 Å². The number of likely N-dealkylation sites (tertiary alicyclic amines) is 1. The first-order valence-electron chi connectivity index (χ1n) is 15.9. The summed E-state index contributed by atoms with van der Waals surface area (Å²) in [5.74, 6) is -1.45. The topological polar surface area (TPSA) is 140 Å². The minimum atomic E-state index is -4.35. The van der Waals surface area contributed by atoms with Crippen LogP contribution in [-0.2, 0) is 30.8 Å². The number of carbonyl (C=O) groups excluding carboxylic acids is 3. The summed E-state index contributed by atoms with van der Waals surface area (Å²) in [4.78, 5) is 43.0. The number of rotatable bonds is 9. The Kier molecular flexibility index (Phi) is 9.56. The highest BCUT2D eigenvalue weighted by Gasteiger charge is 2.43. The molecule has 0 radical (unpaired) electrons. The first kappa shape index (κ1) is 33.0. The number of nitrogens with zero attached hydrogens (tertiary/aromatic N) is 2. The molecule has 2 atom stereocenters. The highest BCUT2D eigenvalue weighted by atomic mass is 35.5. The highest BCUT2D eigenvalue weighted by molar-refractivity contribution is 7.93. The number of benzene rings is 3. The van der Waals surface area contributed by atoms with E-state index in [9.17, 15) is 22.8 Å². The first-order chi connectivity index (χ1) is 22.5. The van der Waals surface area contributed by atoms with Gasteiger partial charge in [0, 0.05) is 37.6 Å². The number of halogens is 1. The number of anilines is 2. The van der Waals surface area contributed by atoms with Gasteiger partial charge in [-0.25, -0.2) is 8.42 Å². The van der Waals surface area contributed by atoms with Crippen LogP contribution in [0.5, 0.6) is 0 Å². The van der Waals surface area contributed by atoms with Crippen molar-refractivity contribution < 1.29 is 22.8 Å². The van der Waals surface area contributed by atoms with Gasteiger partial charge >= 0.3 is 0 Å². The van der Waals surface area contributed by atoms with E-state index >= 15 is 0 Å². The predicted molar refractivity (Wildman–Crippen MR) is 181 cm³/mol. The fraction of sp³-hybridized carbons (Fsp3) is 0.382. The van der Waals surface area contributed by atoms with E-state index in [4.69, 9.17) is 11.6 Å². The molecule has 2 fully saturated rings. The summed E-state index contributed by atoms with van der Waals surface area (Å²) >= 11 is 6.29. The monoisotopic (exact) mass is 678 g/mol. The lowest BCUT2D eigenvalue weighted by molar-refractivity contribution is -0.135. The van der Waals surface area contributed by atoms with Crippen molar-refractivity contribution in [1.29, 1.82) is 0 Å². The molecule has 248 valence electrons. The fourth-order valence-corrected chi connectivity index (χ4v) is 8.75. The van der Waals surface area contributed by atoms with Crippen LogP contribution in [0.3, 0.4) is 0 Å². The number of aryl methyl sites for hydroxylation is 2. The number of carbonyl (C=O) groups is 3. The summed E-state index contributed by atoms with van der Waals surface area (Å²) in [6.07, 6.45) is 1.44. The van der Waals surface area contributed by atoms with E-state index in [1.54, 1.807) is 49.1 Å². The SMILES string of the molecule is Cc1cc(S(=O)(=O)N2c3ccccc3NC(=O)C2CC(=O)NC(Cc2ccccc2C2NCCN2)C(=O)N2CCCC2)c(C)cc1Cl. The predicted octanol–water partition coefficient (Wildman–Crippen LogP) is 3.40. The van der Waals surface area contributed by atoms with E-state index in [-0.39, 0.29) is 29.1 Å². The average molecular weight is 679 g/mol. The van der Waals surface area contributed by atoms with E-state index in [2.05, 4.69) is 21.3 Å². The molecule has 2 saturated heterocycles. The Labute approximate surface area is 280 Å². The summed E-state index contributed by atoms with van der Waals surface area (Å²) in [7, 11) is -4.35. The Morgan fingerprint density at radius 1 is 0.979 bits per heavy atom. The molecule has 11 nitrogen and oxygen atoms in total. The van der Waals surface area contributed by atoms with Gasteiger partial charge in [-0.15, -0.1) is 0 Å². The quantitative estimate of drug-likeness (QED) is 0.272. The van der Waals surface area contributed by atoms with Crippen LogP contribution in [0.4, 0.5) is 11.4 Å². The fourth-order valence-electron chi connectivity index (χ4n) is 6.61. The van der Waals surface area contributed by atoms with Crippen molar-refractivity contribution in [2.75, 3.05) is 35.8 Å². The van der Waals surface area contributed by atoms with Crippen molar-refractivity contribution in [2.45, 2.75) is 62.7 Å². The zero-order valence-corrected chi connectivity index (χ0v) is 28.0. The Bertz CT molecular complexity index is 1810. The number of para-hydroxylation sites is 2. The number of sulfonamides is 1. The van der Waals surface area contributed by atoms with Gasteiger partial charge < -0.3 is 15.5 Å². The minimum absolute atomic E-state index is 0.0119. The lowest BCUT2D eigenvalue weighted by atomic mass is 9.97. The summed E-state index contributed by atoms with van der Waals surface area (Å²) in [5, 5.41) is 12.9. The van der Waals surface area contributed by atoms with Gasteiger partial charge in [0.25, 0.3) is 10.0 Å². The molecule has 0 aromatic heterocycles. The molecule has 0 spiro atoms. The maximum atomic E-state index is 14.4. The van der Waals surface area contributed by atoms with E-state index in [0.717, 1.165) is 41.4 Å². The second kappa shape index (κ2) is 13.6. The smallest absolute Gasteiger partial charge is 0.265 e. The van der Waals surface area contributed by atoms with Crippen molar-refractivity contribution in [3.63, 3.8) is 0 Å². The summed E-state index contributed by atoms with van der Waals surface area (Å²) in [5.41, 5.74) is 3.42. The number of nitrogens with one attached hydrogen (secondary N) is 4. The van der Waals surface area contributed by atoms with Gasteiger partial charge in [-0.1, -0.05) is 48.0 Å². The molecule has 3 heterocycles. The molecule has 0 aliphatic carbocycles. The van der Waals surface area contributed by atoms with Gasteiger partial charge in [0.05, 0.1) is 28.9 Å². The van der Waals surface area contributed by atoms with Crippen LogP contribution in [0, 0.1) is 13.8 Å². The van der Waals surface area contributed by atoms with Crippen LogP contribution in [0.1, 0.15) is 47.7 Å². The third-order valence-corrected chi connectivity index (χ3v) is 11.4. The Morgan fingerprint density at radius 3 is 2.40 bits per heavy atom. The summed E-state index contributed by atoms with van der Waals surface area (Å²) in [6, 6.07) is 15.1. The van der Waals surface area contributed by atoms with E-state index < -0.39 is 40.3 Å². The van der Waals surface area contributed by atoms with E-state index in [1.165, 1.54) is 6.07 Å². The lowest BCUT2D eigenvalue weighted by Gasteiger charge is -2.37. The number of amides is 3. The standard InChI is InChI=1S/C34H39ClN6O5S/c1-21-18-30(22(2)17-25(21)35)47(45,46)41-28-12-6-5-11-26(28)39-33(43)29(41)20-31(42)38-27(34(44)40-15-7-8-16-40)19-23-9-3-4-10-24(23)32-36-13-14-37-32/h3-6,9-12,17-18,27,29,32,36-37H,7-8,13-16,19-20H2,1-2H3,(H,38,42)(H,39,43). The van der Waals surface area contributed by atoms with Gasteiger partial charge in [0.1, 0.15) is 12.1 Å². The molecule has 0 saturated carbocycles. The minimum Gasteiger partial charge on any atom is -0.344 e. The molecule has 3 amide bonds. The normalized spacial score (nSPS) is 19.0. The van der Waals surface area contributed by atoms with Gasteiger partial charge in [-0.2, -0.15) is 0 Å². The Balaban J connectivity index is 1.32. The van der Waals surface area contributed by atoms with Crippen molar-refractivity contribution in [3.8, 4) is 0 Å². The molecule has 2 unspecified atom stereocenters. The Hall–Kier alpha value is -3.97. The van der Waals surface area contributed by atoms with Crippen LogP contribution in [-0.4, -0.2) is 69.3 Å². The zero-order valence-electron chi connectivity index (χ0n) is 26.4. The van der Waals surface area contributed by atoms with Crippen molar-refractivity contribution in [3.05, 3.63) is 87.9 Å². The van der Waals surface area contributed by atoms with Gasteiger partial charge in [0.15, 0.2) is 0 Å². The molecule has 3 aromatic rings. The summed E-state index contributed by atoms with van der Waals surface area (Å²) in [6.45, 7) is 6.18. The van der Waals surface area contributed by atoms with Gasteiger partial charge in [-0.3, -0.25) is 29.3 Å². The molecule has 13 heteroatoms. The molecule has 3 aliphatic rings. The van der Waals surface area contributed by atoms with Crippen LogP contribution in [0.25, 0.3) is 0 Å². The molecular formula is C34H39ClN6O5S. The van der Waals surface area contributed by atoms with Gasteiger partial charge in [-0.05, 0) is 73.2 Å². The average Bonchev–Trinajstić information content (AvgIpc) is 3.78. The molecule has 3 aliphatic heterocycles. The largest absolute Gasteiger partial charge is 0.344 e. The number of fused-ring (bicyclic) bond motifs is 1. The zero-order chi connectivity index (χ0) is 33.3. The van der Waals surface area contributed by atoms with Crippen molar-refractivity contribution in [2.24, 2.45) is 0 Å². The molecule has 6 rings (SSSR count). The third-order valence-electron chi connectivity index (χ3n) is 9.02. The van der Waals surface area contributed by atoms with Crippen molar-refractivity contribution in [1.82, 2.24) is 20.9 Å². The number of hydrogen-bond acceptors (Lipinski definition) is 7. The Morgan fingerprint density at radius 2 is 1.66 bits per heavy atom. The highest BCUT2D eigenvalue weighted by Crippen LogP contribution is 2.38. The lowest BCUT2D eigenvalue weighted by Crippen LogP contribution is -2.55. The van der Waals surface area contributed by atoms with Crippen LogP contribution >= 0.6 is 11.6 Å². The molecular weight excluding hydrogens is 640 g/mol. The van der Waals surface area contributed by atoms with Crippen LogP contribution in [0.15, 0.2) is 65.6 Å². The van der Waals surface area contributed by atoms with Crippen LogP contribution < -0.4 is 25.6 Å². The van der Waals surface area contributed by atoms with E-state index in [1.807, 2.05) is 24.3 Å². The third kappa shape index (κ3) is 6.73. The second-order valence-corrected chi connectivity index (χ2v) is 14.5. The van der Waals surface area contributed by atoms with Gasteiger partial charge in [0.2, 0.25) is 17.7 Å². The molecule has 47 heavy (non-hydrogen) atoms. The molecule has 0 bridgehead atoms. The van der Waals surface area contributed by atoms with E-state index in [0.29, 0.717) is 34.9 Å². The molecule has 4 N–H and O–H groups in total. The maximum Gasteiger partial charge on any atom is 0.265 e. The van der Waals surface area contributed by atoms with Crippen LogP contribution in [0.2, 0.25) is 5.02 Å². The number of hydrogen-bond donors (Lipinski definition) is 4. The molecule has 3 aromatic carbocycles.